The molecule has 0 bridgehead atoms. The Hall–Kier alpha value is -3.55. The van der Waals surface area contributed by atoms with Crippen LogP contribution >= 0.6 is 12.4 Å². The van der Waals surface area contributed by atoms with Crippen molar-refractivity contribution in [1.29, 1.82) is 0 Å². The zero-order valence-electron chi connectivity index (χ0n) is 17.5. The van der Waals surface area contributed by atoms with Gasteiger partial charge in [-0.15, -0.1) is 12.4 Å². The number of hydrogen-bond acceptors (Lipinski definition) is 5. The Bertz CT molecular complexity index is 1290. The summed E-state index contributed by atoms with van der Waals surface area (Å²) >= 11 is 0. The highest BCUT2D eigenvalue weighted by atomic mass is 35.5. The molecule has 0 aromatic heterocycles. The normalized spacial score (nSPS) is 12.6. The van der Waals surface area contributed by atoms with Crippen LogP contribution in [0.4, 0.5) is 14.5 Å². The van der Waals surface area contributed by atoms with Gasteiger partial charge in [-0.1, -0.05) is 42.5 Å². The lowest BCUT2D eigenvalue weighted by Gasteiger charge is -2.26. The van der Waals surface area contributed by atoms with Crippen molar-refractivity contribution < 1.29 is 13.6 Å². The van der Waals surface area contributed by atoms with E-state index in [1.54, 1.807) is 43.3 Å². The summed E-state index contributed by atoms with van der Waals surface area (Å²) in [5.74, 6) is -0.940. The highest BCUT2D eigenvalue weighted by Gasteiger charge is 2.32. The van der Waals surface area contributed by atoms with E-state index in [-0.39, 0.29) is 35.6 Å². The molecule has 33 heavy (non-hydrogen) atoms. The smallest absolute Gasteiger partial charge is 0.271 e. The van der Waals surface area contributed by atoms with E-state index in [1.165, 1.54) is 36.4 Å². The number of anilines is 1. The Morgan fingerprint density at radius 1 is 0.788 bits per heavy atom. The maximum absolute atomic E-state index is 13.7. The van der Waals surface area contributed by atoms with Crippen molar-refractivity contribution in [2.45, 2.75) is 19.0 Å². The first-order valence-electron chi connectivity index (χ1n) is 10.0. The van der Waals surface area contributed by atoms with Crippen LogP contribution in [0.1, 0.15) is 35.7 Å². The van der Waals surface area contributed by atoms with E-state index < -0.39 is 22.7 Å². The van der Waals surface area contributed by atoms with E-state index in [0.717, 1.165) is 0 Å². The average molecular weight is 471 g/mol. The molecule has 4 aromatic rings. The van der Waals surface area contributed by atoms with Crippen molar-refractivity contribution in [3.63, 3.8) is 0 Å². The fourth-order valence-corrected chi connectivity index (χ4v) is 3.49. The van der Waals surface area contributed by atoms with Gasteiger partial charge in [-0.25, -0.2) is 14.3 Å². The van der Waals surface area contributed by atoms with Gasteiger partial charge in [0.25, 0.3) is 5.43 Å². The molecule has 4 aromatic carbocycles. The quantitative estimate of drug-likeness (QED) is 0.285. The van der Waals surface area contributed by atoms with Crippen LogP contribution in [0.5, 0.6) is 5.75 Å². The minimum absolute atomic E-state index is 0. The molecule has 0 heterocycles. The van der Waals surface area contributed by atoms with E-state index in [0.29, 0.717) is 16.8 Å². The van der Waals surface area contributed by atoms with Crippen LogP contribution in [0.3, 0.4) is 0 Å². The van der Waals surface area contributed by atoms with Crippen molar-refractivity contribution >= 4 is 18.1 Å². The van der Waals surface area contributed by atoms with Gasteiger partial charge in [0, 0.05) is 6.04 Å². The van der Waals surface area contributed by atoms with E-state index in [9.17, 15) is 18.4 Å². The number of rotatable bonds is 8. The van der Waals surface area contributed by atoms with Crippen LogP contribution < -0.4 is 26.5 Å². The zero-order chi connectivity index (χ0) is 22.7. The van der Waals surface area contributed by atoms with Gasteiger partial charge in [0.2, 0.25) is 11.2 Å². The molecule has 170 valence electrons. The SMILES string of the molecule is C[C@@H](NC(c1ccc(F)cc1)c1c(ONc2ccccc2)c(=O)c1=O)c1cccc(F)c1.Cl. The Kier molecular flexibility index (Phi) is 7.58. The van der Waals surface area contributed by atoms with Crippen molar-refractivity contribution in [2.75, 3.05) is 5.48 Å². The molecule has 2 atom stereocenters. The number of benzene rings is 3. The second-order valence-corrected chi connectivity index (χ2v) is 7.40. The highest BCUT2D eigenvalue weighted by molar-refractivity contribution is 5.85. The van der Waals surface area contributed by atoms with Crippen molar-refractivity contribution in [2.24, 2.45) is 0 Å². The minimum atomic E-state index is -0.772. The molecular formula is C25H21ClF2N2O3. The topological polar surface area (TPSA) is 67.4 Å². The molecule has 1 unspecified atom stereocenters. The van der Waals surface area contributed by atoms with E-state index >= 15 is 0 Å². The molecule has 0 spiro atoms. The first kappa shape index (κ1) is 24.1. The third-order valence-electron chi connectivity index (χ3n) is 5.20. The molecule has 8 heteroatoms. The lowest BCUT2D eigenvalue weighted by molar-refractivity contribution is 0.379. The fourth-order valence-electron chi connectivity index (χ4n) is 3.49. The van der Waals surface area contributed by atoms with Gasteiger partial charge < -0.3 is 4.84 Å². The first-order chi connectivity index (χ1) is 15.4. The van der Waals surface area contributed by atoms with Gasteiger partial charge in [0.1, 0.15) is 11.6 Å². The van der Waals surface area contributed by atoms with Crippen LogP contribution in [0.15, 0.2) is 88.5 Å². The van der Waals surface area contributed by atoms with Gasteiger partial charge in [-0.2, -0.15) is 0 Å². The molecule has 0 amide bonds. The molecule has 0 aliphatic heterocycles. The number of para-hydroxylation sites is 1. The Morgan fingerprint density at radius 3 is 2.15 bits per heavy atom. The van der Waals surface area contributed by atoms with E-state index in [4.69, 9.17) is 4.84 Å². The third kappa shape index (κ3) is 5.27. The van der Waals surface area contributed by atoms with Crippen LogP contribution in [0.2, 0.25) is 0 Å². The molecule has 0 fully saturated rings. The Balaban J connectivity index is 0.00000306. The van der Waals surface area contributed by atoms with Crippen LogP contribution in [0, 0.1) is 11.6 Å². The largest absolute Gasteiger partial charge is 0.377 e. The lowest BCUT2D eigenvalue weighted by atomic mass is 9.92. The molecule has 5 nitrogen and oxygen atoms in total. The highest BCUT2D eigenvalue weighted by Crippen LogP contribution is 2.30. The second kappa shape index (κ2) is 10.4. The van der Waals surface area contributed by atoms with Crippen molar-refractivity contribution in [3.8, 4) is 5.75 Å². The van der Waals surface area contributed by atoms with Gasteiger partial charge in [0.05, 0.1) is 17.3 Å². The summed E-state index contributed by atoms with van der Waals surface area (Å²) in [5.41, 5.74) is 3.16. The zero-order valence-corrected chi connectivity index (χ0v) is 18.4. The molecule has 0 aliphatic rings. The fraction of sp³-hybridized carbons (Fsp3) is 0.120. The third-order valence-corrected chi connectivity index (χ3v) is 5.20. The summed E-state index contributed by atoms with van der Waals surface area (Å²) in [6.07, 6.45) is 0. The van der Waals surface area contributed by atoms with Crippen molar-refractivity contribution in [3.05, 3.63) is 128 Å². The minimum Gasteiger partial charge on any atom is -0.377 e. The van der Waals surface area contributed by atoms with Crippen LogP contribution in [0.25, 0.3) is 0 Å². The number of halogens is 3. The average Bonchev–Trinajstić information content (AvgIpc) is 2.81. The number of hydrogen-bond donors (Lipinski definition) is 2. The van der Waals surface area contributed by atoms with Crippen molar-refractivity contribution in [1.82, 2.24) is 5.32 Å². The summed E-state index contributed by atoms with van der Waals surface area (Å²) < 4.78 is 27.2. The van der Waals surface area contributed by atoms with E-state index in [1.807, 2.05) is 6.07 Å². The second-order valence-electron chi connectivity index (χ2n) is 7.40. The predicted octanol–water partition coefficient (Wildman–Crippen LogP) is 4.83. The molecule has 4 rings (SSSR count). The monoisotopic (exact) mass is 470 g/mol. The summed E-state index contributed by atoms with van der Waals surface area (Å²) in [6, 6.07) is 19.4. The Labute approximate surface area is 195 Å². The van der Waals surface area contributed by atoms with E-state index in [2.05, 4.69) is 10.8 Å². The van der Waals surface area contributed by atoms with Crippen LogP contribution in [-0.4, -0.2) is 0 Å². The molecule has 0 aliphatic carbocycles. The maximum atomic E-state index is 13.7. The molecule has 0 saturated carbocycles. The van der Waals surface area contributed by atoms with Crippen LogP contribution in [-0.2, 0) is 0 Å². The molecule has 2 N–H and O–H groups in total. The van der Waals surface area contributed by atoms with Gasteiger partial charge in [-0.3, -0.25) is 14.9 Å². The van der Waals surface area contributed by atoms with Gasteiger partial charge in [0.15, 0.2) is 0 Å². The van der Waals surface area contributed by atoms with Gasteiger partial charge >= 0.3 is 0 Å². The molecule has 0 radical (unpaired) electrons. The lowest BCUT2D eigenvalue weighted by Crippen LogP contribution is -2.43. The summed E-state index contributed by atoms with van der Waals surface area (Å²) in [4.78, 5) is 30.3. The molecule has 0 saturated heterocycles. The molecular weight excluding hydrogens is 450 g/mol. The standard InChI is InChI=1S/C25H20F2N2O3.ClH/c1-15(17-6-5-7-19(27)14-17)28-22(16-10-12-18(26)13-11-16)21-23(30)24(31)25(21)32-29-20-8-3-2-4-9-20;/h2-15,22,28-29H,1H3;1H/t15-,22?;/m1./s1. The summed E-state index contributed by atoms with van der Waals surface area (Å²) in [5, 5.41) is 3.25. The first-order valence-corrected chi connectivity index (χ1v) is 10.0. The summed E-state index contributed by atoms with van der Waals surface area (Å²) in [7, 11) is 0. The maximum Gasteiger partial charge on any atom is 0.271 e. The van der Waals surface area contributed by atoms with Gasteiger partial charge in [-0.05, 0) is 54.4 Å². The predicted molar refractivity (Wildman–Crippen MR) is 125 cm³/mol. The Morgan fingerprint density at radius 2 is 1.48 bits per heavy atom. The number of nitrogens with one attached hydrogen (secondary N) is 2. The summed E-state index contributed by atoms with van der Waals surface area (Å²) in [6.45, 7) is 1.81.